The van der Waals surface area contributed by atoms with Crippen LogP contribution in [-0.2, 0) is 17.6 Å². The lowest BCUT2D eigenvalue weighted by atomic mass is 10.1. The van der Waals surface area contributed by atoms with Gasteiger partial charge >= 0.3 is 0 Å². The number of aryl methyl sites for hydroxylation is 2. The van der Waals surface area contributed by atoms with E-state index in [-0.39, 0.29) is 11.6 Å². The molecule has 0 aliphatic heterocycles. The first kappa shape index (κ1) is 18.4. The van der Waals surface area contributed by atoms with Crippen molar-refractivity contribution in [3.05, 3.63) is 95.5 Å². The highest BCUT2D eigenvalue weighted by atomic mass is 16.5. The summed E-state index contributed by atoms with van der Waals surface area (Å²) in [6.07, 6.45) is 7.11. The molecular weight excluding hydrogens is 312 g/mol. The Bertz CT molecular complexity index is 698. The average Bonchev–Trinajstić information content (AvgIpc) is 2.67. The molecule has 128 valence electrons. The van der Waals surface area contributed by atoms with Crippen LogP contribution < -0.4 is 0 Å². The number of ketones is 2. The van der Waals surface area contributed by atoms with Gasteiger partial charge in [0.2, 0.25) is 0 Å². The highest BCUT2D eigenvalue weighted by molar-refractivity contribution is 6.05. The molecule has 2 aromatic rings. The molecule has 3 nitrogen and oxygen atoms in total. The summed E-state index contributed by atoms with van der Waals surface area (Å²) in [4.78, 5) is 23.9. The fourth-order valence-corrected chi connectivity index (χ4v) is 2.25. The predicted molar refractivity (Wildman–Crippen MR) is 99.7 cm³/mol. The number of rotatable bonds is 8. The lowest BCUT2D eigenvalue weighted by Gasteiger charge is -1.99. The number of hydrogen-bond acceptors (Lipinski definition) is 3. The number of allylic oxidation sites excluding steroid dienone is 2. The third kappa shape index (κ3) is 5.57. The van der Waals surface area contributed by atoms with Crippen LogP contribution in [0.1, 0.15) is 45.7 Å². The van der Waals surface area contributed by atoms with Gasteiger partial charge in [-0.3, -0.25) is 9.59 Å². The van der Waals surface area contributed by atoms with Crippen LogP contribution in [-0.4, -0.2) is 11.6 Å². The molecule has 25 heavy (non-hydrogen) atoms. The van der Waals surface area contributed by atoms with Gasteiger partial charge in [-0.05, 0) is 24.0 Å². The van der Waals surface area contributed by atoms with Crippen molar-refractivity contribution in [2.45, 2.75) is 26.7 Å². The first-order valence-electron chi connectivity index (χ1n) is 8.39. The molecular formula is C22H22O3. The SMILES string of the molecule is CCc1ccc(C(=O)/C=C/O/C=C/C(=O)c2ccc(CC)cc2)cc1. The van der Waals surface area contributed by atoms with E-state index in [9.17, 15) is 9.59 Å². The molecule has 0 amide bonds. The molecule has 0 fully saturated rings. The molecule has 0 atom stereocenters. The summed E-state index contributed by atoms with van der Waals surface area (Å²) in [5.41, 5.74) is 3.58. The van der Waals surface area contributed by atoms with Crippen LogP contribution in [0.4, 0.5) is 0 Å². The van der Waals surface area contributed by atoms with Crippen LogP contribution in [0, 0.1) is 0 Å². The van der Waals surface area contributed by atoms with Gasteiger partial charge in [-0.1, -0.05) is 62.4 Å². The minimum atomic E-state index is -0.141. The quantitative estimate of drug-likeness (QED) is 0.391. The van der Waals surface area contributed by atoms with E-state index in [1.165, 1.54) is 35.8 Å². The highest BCUT2D eigenvalue weighted by Gasteiger charge is 2.02. The van der Waals surface area contributed by atoms with Crippen molar-refractivity contribution in [3.63, 3.8) is 0 Å². The molecule has 0 aromatic heterocycles. The van der Waals surface area contributed by atoms with Gasteiger partial charge in [-0.15, -0.1) is 0 Å². The van der Waals surface area contributed by atoms with Crippen LogP contribution in [0.15, 0.2) is 73.2 Å². The van der Waals surface area contributed by atoms with Crippen molar-refractivity contribution >= 4 is 11.6 Å². The second kappa shape index (κ2) is 9.38. The third-order valence-electron chi connectivity index (χ3n) is 3.89. The molecule has 0 bridgehead atoms. The Balaban J connectivity index is 1.85. The Morgan fingerprint density at radius 1 is 0.720 bits per heavy atom. The summed E-state index contributed by atoms with van der Waals surface area (Å²) >= 11 is 0. The zero-order chi connectivity index (χ0) is 18.1. The van der Waals surface area contributed by atoms with E-state index in [0.29, 0.717) is 11.1 Å². The Hall–Kier alpha value is -2.94. The van der Waals surface area contributed by atoms with Crippen molar-refractivity contribution < 1.29 is 14.3 Å². The van der Waals surface area contributed by atoms with Gasteiger partial charge in [-0.25, -0.2) is 0 Å². The first-order chi connectivity index (χ1) is 12.1. The number of carbonyl (C=O) groups is 2. The van der Waals surface area contributed by atoms with Crippen LogP contribution in [0.3, 0.4) is 0 Å². The van der Waals surface area contributed by atoms with Gasteiger partial charge in [0, 0.05) is 23.3 Å². The molecule has 0 N–H and O–H groups in total. The van der Waals surface area contributed by atoms with Gasteiger partial charge in [0.25, 0.3) is 0 Å². The van der Waals surface area contributed by atoms with Gasteiger partial charge in [0.15, 0.2) is 11.6 Å². The first-order valence-corrected chi connectivity index (χ1v) is 8.39. The molecule has 0 saturated heterocycles. The highest BCUT2D eigenvalue weighted by Crippen LogP contribution is 2.08. The third-order valence-corrected chi connectivity index (χ3v) is 3.89. The van der Waals surface area contributed by atoms with Gasteiger partial charge in [0.1, 0.15) is 0 Å². The largest absolute Gasteiger partial charge is 0.472 e. The van der Waals surface area contributed by atoms with E-state index in [4.69, 9.17) is 4.74 Å². The maximum absolute atomic E-state index is 12.0. The average molecular weight is 334 g/mol. The summed E-state index contributed by atoms with van der Waals surface area (Å²) in [5.74, 6) is -0.282. The molecule has 0 aliphatic carbocycles. The van der Waals surface area contributed by atoms with E-state index >= 15 is 0 Å². The summed E-state index contributed by atoms with van der Waals surface area (Å²) in [5, 5.41) is 0. The maximum Gasteiger partial charge on any atom is 0.188 e. The van der Waals surface area contributed by atoms with Gasteiger partial charge in [0.05, 0.1) is 12.5 Å². The summed E-state index contributed by atoms with van der Waals surface area (Å²) in [7, 11) is 0. The van der Waals surface area contributed by atoms with Crippen LogP contribution in [0.2, 0.25) is 0 Å². The monoisotopic (exact) mass is 334 g/mol. The van der Waals surface area contributed by atoms with Crippen molar-refractivity contribution in [2.24, 2.45) is 0 Å². The van der Waals surface area contributed by atoms with E-state index < -0.39 is 0 Å². The van der Waals surface area contributed by atoms with Crippen LogP contribution in [0.5, 0.6) is 0 Å². The Kier molecular flexibility index (Phi) is 6.90. The molecule has 0 aliphatic rings. The lowest BCUT2D eigenvalue weighted by molar-refractivity contribution is 0.103. The van der Waals surface area contributed by atoms with E-state index in [2.05, 4.69) is 13.8 Å². The maximum atomic E-state index is 12.0. The standard InChI is InChI=1S/C22H22O3/c1-3-17-5-9-19(10-6-17)21(23)13-15-25-16-14-22(24)20-11-7-18(4-2)8-12-20/h5-16H,3-4H2,1-2H3/b15-13+,16-14+. The lowest BCUT2D eigenvalue weighted by Crippen LogP contribution is -1.95. The second-order valence-electron chi connectivity index (χ2n) is 5.57. The zero-order valence-electron chi connectivity index (χ0n) is 14.6. The van der Waals surface area contributed by atoms with Crippen LogP contribution in [0.25, 0.3) is 0 Å². The number of benzene rings is 2. The second-order valence-corrected chi connectivity index (χ2v) is 5.57. The number of ether oxygens (including phenoxy) is 1. The van der Waals surface area contributed by atoms with Crippen molar-refractivity contribution in [1.82, 2.24) is 0 Å². The Morgan fingerprint density at radius 3 is 1.40 bits per heavy atom. The van der Waals surface area contributed by atoms with E-state index in [1.54, 1.807) is 24.3 Å². The Morgan fingerprint density at radius 2 is 1.08 bits per heavy atom. The molecule has 0 spiro atoms. The smallest absolute Gasteiger partial charge is 0.188 e. The predicted octanol–water partition coefficient (Wildman–Crippen LogP) is 4.92. The zero-order valence-corrected chi connectivity index (χ0v) is 14.6. The van der Waals surface area contributed by atoms with Crippen molar-refractivity contribution in [3.8, 4) is 0 Å². The van der Waals surface area contributed by atoms with Gasteiger partial charge in [-0.2, -0.15) is 0 Å². The molecule has 0 radical (unpaired) electrons. The normalized spacial score (nSPS) is 11.1. The van der Waals surface area contributed by atoms with E-state index in [0.717, 1.165) is 12.8 Å². The van der Waals surface area contributed by atoms with Gasteiger partial charge < -0.3 is 4.74 Å². The fraction of sp³-hybridized carbons (Fsp3) is 0.182. The topological polar surface area (TPSA) is 43.4 Å². The van der Waals surface area contributed by atoms with Crippen molar-refractivity contribution in [2.75, 3.05) is 0 Å². The minimum absolute atomic E-state index is 0.141. The van der Waals surface area contributed by atoms with Crippen LogP contribution >= 0.6 is 0 Å². The molecule has 0 unspecified atom stereocenters. The number of hydrogen-bond donors (Lipinski definition) is 0. The molecule has 0 saturated carbocycles. The summed E-state index contributed by atoms with van der Waals surface area (Å²) < 4.78 is 5.10. The summed E-state index contributed by atoms with van der Waals surface area (Å²) in [6, 6.07) is 14.9. The van der Waals surface area contributed by atoms with Crippen molar-refractivity contribution in [1.29, 1.82) is 0 Å². The summed E-state index contributed by atoms with van der Waals surface area (Å²) in [6.45, 7) is 4.13. The molecule has 3 heteroatoms. The molecule has 2 rings (SSSR count). The molecule has 2 aromatic carbocycles. The molecule has 0 heterocycles. The Labute approximate surface area is 148 Å². The van der Waals surface area contributed by atoms with E-state index in [1.807, 2.05) is 24.3 Å². The number of carbonyl (C=O) groups excluding carboxylic acids is 2. The fourth-order valence-electron chi connectivity index (χ4n) is 2.25. The minimum Gasteiger partial charge on any atom is -0.472 e.